The summed E-state index contributed by atoms with van der Waals surface area (Å²) >= 11 is 6.19. The molecule has 174 valence electrons. The highest BCUT2D eigenvalue weighted by molar-refractivity contribution is 14.0. The molecule has 2 atom stereocenters. The molecule has 1 aromatic rings. The minimum atomic E-state index is -0.744. The number of benzene rings is 1. The van der Waals surface area contributed by atoms with E-state index < -0.39 is 6.10 Å². The molecular weight excluding hydrogens is 529 g/mol. The third kappa shape index (κ3) is 6.94. The van der Waals surface area contributed by atoms with Gasteiger partial charge in [-0.25, -0.2) is 0 Å². The molecule has 7 nitrogen and oxygen atoms in total. The zero-order valence-electron chi connectivity index (χ0n) is 18.5. The first-order chi connectivity index (χ1) is 14.5. The Labute approximate surface area is 207 Å². The van der Waals surface area contributed by atoms with E-state index in [1.807, 2.05) is 36.9 Å². The fourth-order valence-electron chi connectivity index (χ4n) is 4.12. The number of nitrogens with zero attached hydrogens (tertiary/aromatic N) is 4. The summed E-state index contributed by atoms with van der Waals surface area (Å²) in [6.45, 7) is 10.1. The molecule has 0 radical (unpaired) electrons. The van der Waals surface area contributed by atoms with Gasteiger partial charge in [0.25, 0.3) is 0 Å². The monoisotopic (exact) mass is 563 g/mol. The molecule has 2 aliphatic heterocycles. The van der Waals surface area contributed by atoms with Crippen molar-refractivity contribution in [3.8, 4) is 0 Å². The lowest BCUT2D eigenvalue weighted by Crippen LogP contribution is -2.57. The first-order valence-electron chi connectivity index (χ1n) is 11.0. The van der Waals surface area contributed by atoms with Crippen LogP contribution >= 0.6 is 35.6 Å². The van der Waals surface area contributed by atoms with Gasteiger partial charge in [0.1, 0.15) is 6.10 Å². The highest BCUT2D eigenvalue weighted by Gasteiger charge is 2.30. The highest BCUT2D eigenvalue weighted by atomic mass is 127. The lowest BCUT2D eigenvalue weighted by molar-refractivity contribution is -0.135. The summed E-state index contributed by atoms with van der Waals surface area (Å²) in [7, 11) is 0. The Morgan fingerprint density at radius 1 is 1.13 bits per heavy atom. The summed E-state index contributed by atoms with van der Waals surface area (Å²) in [5.74, 6) is 1.05. The molecule has 0 spiro atoms. The van der Waals surface area contributed by atoms with E-state index in [1.165, 1.54) is 0 Å². The van der Waals surface area contributed by atoms with Gasteiger partial charge in [0.15, 0.2) is 5.96 Å². The van der Waals surface area contributed by atoms with Gasteiger partial charge in [-0.05, 0) is 32.8 Å². The number of hydrogen-bond acceptors (Lipinski definition) is 4. The normalized spacial score (nSPS) is 19.7. The topological polar surface area (TPSA) is 71.4 Å². The average molecular weight is 564 g/mol. The molecule has 0 bridgehead atoms. The highest BCUT2D eigenvalue weighted by Crippen LogP contribution is 2.22. The van der Waals surface area contributed by atoms with Gasteiger partial charge in [0, 0.05) is 56.4 Å². The van der Waals surface area contributed by atoms with Crippen molar-refractivity contribution in [3.63, 3.8) is 0 Å². The SMILES string of the molecule is CCNC(=NCC(O)c1ccccc1Cl)N1CCN(C(C)C(=O)N2CCCC2)CC1.I. The quantitative estimate of drug-likeness (QED) is 0.316. The number of carbonyl (C=O) groups excluding carboxylic acids is 1. The van der Waals surface area contributed by atoms with E-state index in [9.17, 15) is 9.90 Å². The standard InChI is InChI=1S/C22H34ClN5O2.HI/c1-3-24-22(25-16-20(29)18-8-4-5-9-19(18)23)28-14-12-26(13-15-28)17(2)21(30)27-10-6-7-11-27;/h4-5,8-9,17,20,29H,3,6-7,10-16H2,1-2H3,(H,24,25);1H. The number of aliphatic imine (C=N–C) groups is 1. The van der Waals surface area contributed by atoms with Crippen LogP contribution in [0, 0.1) is 0 Å². The van der Waals surface area contributed by atoms with Crippen molar-refractivity contribution in [3.05, 3.63) is 34.9 Å². The maximum Gasteiger partial charge on any atom is 0.239 e. The van der Waals surface area contributed by atoms with Gasteiger partial charge in [0.05, 0.1) is 12.6 Å². The van der Waals surface area contributed by atoms with Crippen LogP contribution in [0.4, 0.5) is 0 Å². The Kier molecular flexibility index (Phi) is 10.8. The molecule has 2 aliphatic rings. The second-order valence-electron chi connectivity index (χ2n) is 7.96. The molecule has 2 unspecified atom stereocenters. The second-order valence-corrected chi connectivity index (χ2v) is 8.37. The van der Waals surface area contributed by atoms with Gasteiger partial charge in [-0.2, -0.15) is 0 Å². The first-order valence-corrected chi connectivity index (χ1v) is 11.4. The number of nitrogens with one attached hydrogen (secondary N) is 1. The Balaban J connectivity index is 0.00000341. The van der Waals surface area contributed by atoms with E-state index in [-0.39, 0.29) is 42.5 Å². The summed E-state index contributed by atoms with van der Waals surface area (Å²) in [4.78, 5) is 23.8. The summed E-state index contributed by atoms with van der Waals surface area (Å²) in [5.41, 5.74) is 0.692. The predicted molar refractivity (Wildman–Crippen MR) is 136 cm³/mol. The first kappa shape index (κ1) is 26.2. The van der Waals surface area contributed by atoms with Gasteiger partial charge in [-0.15, -0.1) is 24.0 Å². The number of amides is 1. The van der Waals surface area contributed by atoms with Crippen LogP contribution in [0.15, 0.2) is 29.3 Å². The molecule has 0 saturated carbocycles. The minimum absolute atomic E-state index is 0. The fourth-order valence-corrected chi connectivity index (χ4v) is 4.38. The van der Waals surface area contributed by atoms with Crippen LogP contribution in [-0.4, -0.2) is 90.1 Å². The second kappa shape index (κ2) is 12.8. The van der Waals surface area contributed by atoms with E-state index in [2.05, 4.69) is 20.1 Å². The maximum atomic E-state index is 12.7. The Morgan fingerprint density at radius 3 is 2.39 bits per heavy atom. The number of carbonyl (C=O) groups is 1. The number of halogens is 2. The van der Waals surface area contributed by atoms with Crippen molar-refractivity contribution in [2.75, 3.05) is 52.4 Å². The molecule has 31 heavy (non-hydrogen) atoms. The zero-order valence-corrected chi connectivity index (χ0v) is 21.6. The van der Waals surface area contributed by atoms with Crippen LogP contribution in [-0.2, 0) is 4.79 Å². The third-order valence-corrected chi connectivity index (χ3v) is 6.29. The Morgan fingerprint density at radius 2 is 1.77 bits per heavy atom. The fraction of sp³-hybridized carbons (Fsp3) is 0.636. The van der Waals surface area contributed by atoms with E-state index in [0.29, 0.717) is 10.6 Å². The molecule has 3 rings (SSSR count). The number of piperazine rings is 1. The minimum Gasteiger partial charge on any atom is -0.386 e. The van der Waals surface area contributed by atoms with Crippen LogP contribution in [0.2, 0.25) is 5.02 Å². The van der Waals surface area contributed by atoms with E-state index in [4.69, 9.17) is 11.6 Å². The van der Waals surface area contributed by atoms with Crippen molar-refractivity contribution in [1.29, 1.82) is 0 Å². The number of likely N-dealkylation sites (tertiary alicyclic amines) is 1. The largest absolute Gasteiger partial charge is 0.386 e. The number of aliphatic hydroxyl groups excluding tert-OH is 1. The third-order valence-electron chi connectivity index (χ3n) is 5.95. The molecule has 2 fully saturated rings. The van der Waals surface area contributed by atoms with Crippen molar-refractivity contribution < 1.29 is 9.90 Å². The smallest absolute Gasteiger partial charge is 0.239 e. The summed E-state index contributed by atoms with van der Waals surface area (Å²) in [6, 6.07) is 7.24. The summed E-state index contributed by atoms with van der Waals surface area (Å²) in [6.07, 6.45) is 1.50. The molecule has 1 amide bonds. The van der Waals surface area contributed by atoms with E-state index >= 15 is 0 Å². The summed E-state index contributed by atoms with van der Waals surface area (Å²) < 4.78 is 0. The van der Waals surface area contributed by atoms with Crippen molar-refractivity contribution >= 4 is 47.4 Å². The zero-order chi connectivity index (χ0) is 21.5. The molecule has 0 aliphatic carbocycles. The van der Waals surface area contributed by atoms with Crippen molar-refractivity contribution in [2.24, 2.45) is 4.99 Å². The predicted octanol–water partition coefficient (Wildman–Crippen LogP) is 2.59. The molecule has 9 heteroatoms. The number of rotatable bonds is 6. The lowest BCUT2D eigenvalue weighted by atomic mass is 10.1. The summed E-state index contributed by atoms with van der Waals surface area (Å²) in [5, 5.41) is 14.4. The van der Waals surface area contributed by atoms with Gasteiger partial charge in [-0.3, -0.25) is 14.7 Å². The van der Waals surface area contributed by atoms with Crippen LogP contribution in [0.25, 0.3) is 0 Å². The molecule has 0 aromatic heterocycles. The number of hydrogen-bond donors (Lipinski definition) is 2. The van der Waals surface area contributed by atoms with Gasteiger partial charge in [0.2, 0.25) is 5.91 Å². The Bertz CT molecular complexity index is 736. The Hall–Kier alpha value is -1.10. The van der Waals surface area contributed by atoms with Crippen LogP contribution in [0.3, 0.4) is 0 Å². The number of guanidine groups is 1. The van der Waals surface area contributed by atoms with Crippen LogP contribution < -0.4 is 5.32 Å². The van der Waals surface area contributed by atoms with E-state index in [1.54, 1.807) is 6.07 Å². The van der Waals surface area contributed by atoms with Gasteiger partial charge < -0.3 is 20.2 Å². The van der Waals surface area contributed by atoms with Gasteiger partial charge in [-0.1, -0.05) is 29.8 Å². The van der Waals surface area contributed by atoms with Crippen molar-refractivity contribution in [2.45, 2.75) is 38.8 Å². The molecule has 1 aromatic carbocycles. The van der Waals surface area contributed by atoms with Crippen LogP contribution in [0.5, 0.6) is 0 Å². The molecule has 2 saturated heterocycles. The van der Waals surface area contributed by atoms with Crippen molar-refractivity contribution in [1.82, 2.24) is 20.0 Å². The number of aliphatic hydroxyl groups is 1. The molecular formula is C22H35ClIN5O2. The lowest BCUT2D eigenvalue weighted by Gasteiger charge is -2.39. The average Bonchev–Trinajstić information content (AvgIpc) is 3.31. The molecule has 2 heterocycles. The molecule has 2 N–H and O–H groups in total. The maximum absolute atomic E-state index is 12.7. The van der Waals surface area contributed by atoms with Gasteiger partial charge >= 0.3 is 0 Å². The van der Waals surface area contributed by atoms with Crippen LogP contribution in [0.1, 0.15) is 38.4 Å². The van der Waals surface area contributed by atoms with E-state index in [0.717, 1.165) is 64.6 Å².